The minimum absolute atomic E-state index is 0. The number of piperidine rings is 2. The molecule has 1 aromatic carbocycles. The van der Waals surface area contributed by atoms with Gasteiger partial charge in [0.15, 0.2) is 0 Å². The number of likely N-dealkylation sites (tertiary alicyclic amines) is 2. The third kappa shape index (κ3) is 4.08. The zero-order chi connectivity index (χ0) is 16.2. The number of amides is 2. The third-order valence-electron chi connectivity index (χ3n) is 4.87. The first kappa shape index (κ1) is 18.7. The molecule has 2 amide bonds. The van der Waals surface area contributed by atoms with Crippen LogP contribution in [0.5, 0.6) is 0 Å². The van der Waals surface area contributed by atoms with Crippen LogP contribution in [0, 0.1) is 0 Å². The molecule has 0 spiro atoms. The molecule has 0 aliphatic carbocycles. The summed E-state index contributed by atoms with van der Waals surface area (Å²) in [5, 5.41) is 0. The number of hydrogen-bond acceptors (Lipinski definition) is 3. The van der Waals surface area contributed by atoms with Gasteiger partial charge in [0.1, 0.15) is 6.04 Å². The normalized spacial score (nSPS) is 20.5. The molecular weight excluding hydrogens is 326 g/mol. The van der Waals surface area contributed by atoms with Gasteiger partial charge in [0.25, 0.3) is 0 Å². The van der Waals surface area contributed by atoms with Crippen LogP contribution in [0.2, 0.25) is 0 Å². The largest absolute Gasteiger partial charge is 0.340 e. The van der Waals surface area contributed by atoms with Crippen LogP contribution >= 0.6 is 12.4 Å². The van der Waals surface area contributed by atoms with Gasteiger partial charge in [-0.1, -0.05) is 30.3 Å². The molecule has 1 atom stereocenters. The van der Waals surface area contributed by atoms with E-state index in [2.05, 4.69) is 0 Å². The summed E-state index contributed by atoms with van der Waals surface area (Å²) >= 11 is 0. The van der Waals surface area contributed by atoms with Crippen molar-refractivity contribution in [1.29, 1.82) is 0 Å². The molecule has 1 unspecified atom stereocenters. The molecule has 2 aliphatic rings. The van der Waals surface area contributed by atoms with E-state index in [9.17, 15) is 9.59 Å². The Morgan fingerprint density at radius 3 is 2.38 bits per heavy atom. The van der Waals surface area contributed by atoms with Gasteiger partial charge in [-0.2, -0.15) is 0 Å². The van der Waals surface area contributed by atoms with Crippen LogP contribution in [0.3, 0.4) is 0 Å². The minimum Gasteiger partial charge on any atom is -0.340 e. The van der Waals surface area contributed by atoms with Gasteiger partial charge in [-0.3, -0.25) is 9.59 Å². The van der Waals surface area contributed by atoms with Crippen molar-refractivity contribution in [1.82, 2.24) is 9.80 Å². The molecule has 132 valence electrons. The van der Waals surface area contributed by atoms with E-state index in [1.165, 1.54) is 0 Å². The zero-order valence-corrected chi connectivity index (χ0v) is 14.7. The summed E-state index contributed by atoms with van der Waals surface area (Å²) in [6.07, 6.45) is 4.10. The van der Waals surface area contributed by atoms with E-state index in [0.717, 1.165) is 31.2 Å². The molecule has 24 heavy (non-hydrogen) atoms. The van der Waals surface area contributed by atoms with Crippen molar-refractivity contribution in [2.24, 2.45) is 5.73 Å². The molecular formula is C18H26ClN3O2. The number of carbonyl (C=O) groups is 2. The van der Waals surface area contributed by atoms with Gasteiger partial charge in [0, 0.05) is 32.1 Å². The number of nitrogens with two attached hydrogens (primary N) is 1. The van der Waals surface area contributed by atoms with Crippen LogP contribution in [0.1, 0.15) is 43.7 Å². The van der Waals surface area contributed by atoms with E-state index >= 15 is 0 Å². The Bertz CT molecular complexity index is 559. The molecule has 2 saturated heterocycles. The van der Waals surface area contributed by atoms with E-state index in [0.29, 0.717) is 26.1 Å². The molecule has 2 heterocycles. The Labute approximate surface area is 149 Å². The number of halogens is 1. The lowest BCUT2D eigenvalue weighted by molar-refractivity contribution is -0.148. The van der Waals surface area contributed by atoms with Crippen LogP contribution < -0.4 is 5.73 Å². The number of nitrogens with zero attached hydrogens (tertiary/aromatic N) is 2. The highest BCUT2D eigenvalue weighted by Crippen LogP contribution is 2.28. The van der Waals surface area contributed by atoms with Crippen LogP contribution in [0.15, 0.2) is 30.3 Å². The second kappa shape index (κ2) is 8.49. The number of rotatable bonds is 3. The van der Waals surface area contributed by atoms with Gasteiger partial charge in [0.05, 0.1) is 0 Å². The van der Waals surface area contributed by atoms with E-state index in [1.807, 2.05) is 35.2 Å². The fraction of sp³-hybridized carbons (Fsp3) is 0.556. The lowest BCUT2D eigenvalue weighted by Gasteiger charge is -2.39. The van der Waals surface area contributed by atoms with Crippen LogP contribution in [0.25, 0.3) is 0 Å². The van der Waals surface area contributed by atoms with Crippen molar-refractivity contribution >= 4 is 24.2 Å². The summed E-state index contributed by atoms with van der Waals surface area (Å²) in [6, 6.07) is 9.37. The smallest absolute Gasteiger partial charge is 0.250 e. The SMILES string of the molecule is Cl.NC1CCN(C(=O)C(c2ccccc2)N2CCCCC2=O)CC1. The molecule has 2 fully saturated rings. The van der Waals surface area contributed by atoms with Gasteiger partial charge < -0.3 is 15.5 Å². The first-order chi connectivity index (χ1) is 11.2. The molecule has 0 bridgehead atoms. The second-order valence-corrected chi connectivity index (χ2v) is 6.52. The molecule has 1 aromatic rings. The maximum atomic E-state index is 13.1. The second-order valence-electron chi connectivity index (χ2n) is 6.52. The van der Waals surface area contributed by atoms with Crippen LogP contribution in [-0.4, -0.2) is 47.3 Å². The maximum absolute atomic E-state index is 13.1. The Morgan fingerprint density at radius 1 is 1.08 bits per heavy atom. The highest BCUT2D eigenvalue weighted by molar-refractivity contribution is 5.89. The average molecular weight is 352 g/mol. The van der Waals surface area contributed by atoms with E-state index in [-0.39, 0.29) is 30.3 Å². The van der Waals surface area contributed by atoms with Gasteiger partial charge in [0.2, 0.25) is 11.8 Å². The zero-order valence-electron chi connectivity index (χ0n) is 13.9. The van der Waals surface area contributed by atoms with Crippen molar-refractivity contribution in [2.45, 2.75) is 44.2 Å². The molecule has 6 heteroatoms. The molecule has 3 rings (SSSR count). The fourth-order valence-corrected chi connectivity index (χ4v) is 3.48. The average Bonchev–Trinajstić information content (AvgIpc) is 2.58. The van der Waals surface area contributed by atoms with Crippen molar-refractivity contribution in [2.75, 3.05) is 19.6 Å². The third-order valence-corrected chi connectivity index (χ3v) is 4.87. The standard InChI is InChI=1S/C18H25N3O2.ClH/c19-15-9-12-20(13-10-15)18(23)17(14-6-2-1-3-7-14)21-11-5-4-8-16(21)22;/h1-3,6-7,15,17H,4-5,8-13,19H2;1H. The number of carbonyl (C=O) groups excluding carboxylic acids is 2. The summed E-state index contributed by atoms with van der Waals surface area (Å²) in [7, 11) is 0. The Morgan fingerprint density at radius 2 is 1.75 bits per heavy atom. The summed E-state index contributed by atoms with van der Waals surface area (Å²) in [5.74, 6) is 0.130. The fourth-order valence-electron chi connectivity index (χ4n) is 3.48. The minimum atomic E-state index is -0.488. The Hall–Kier alpha value is -1.59. The lowest BCUT2D eigenvalue weighted by atomic mass is 9.98. The van der Waals surface area contributed by atoms with Gasteiger partial charge in [-0.25, -0.2) is 0 Å². The van der Waals surface area contributed by atoms with Crippen molar-refractivity contribution < 1.29 is 9.59 Å². The maximum Gasteiger partial charge on any atom is 0.250 e. The van der Waals surface area contributed by atoms with Crippen LogP contribution in [0.4, 0.5) is 0 Å². The predicted molar refractivity (Wildman–Crippen MR) is 95.8 cm³/mol. The first-order valence-electron chi connectivity index (χ1n) is 8.55. The van der Waals surface area contributed by atoms with Crippen molar-refractivity contribution in [3.63, 3.8) is 0 Å². The van der Waals surface area contributed by atoms with E-state index in [1.54, 1.807) is 4.90 Å². The van der Waals surface area contributed by atoms with Crippen molar-refractivity contribution in [3.8, 4) is 0 Å². The van der Waals surface area contributed by atoms with E-state index < -0.39 is 6.04 Å². The van der Waals surface area contributed by atoms with Crippen LogP contribution in [-0.2, 0) is 9.59 Å². The van der Waals surface area contributed by atoms with Gasteiger partial charge >= 0.3 is 0 Å². The van der Waals surface area contributed by atoms with E-state index in [4.69, 9.17) is 5.73 Å². The van der Waals surface area contributed by atoms with Crippen molar-refractivity contribution in [3.05, 3.63) is 35.9 Å². The summed E-state index contributed by atoms with van der Waals surface area (Å²) in [4.78, 5) is 29.2. The Kier molecular flexibility index (Phi) is 6.63. The highest BCUT2D eigenvalue weighted by Gasteiger charge is 2.36. The van der Waals surface area contributed by atoms with Gasteiger partial charge in [-0.05, 0) is 31.2 Å². The monoisotopic (exact) mass is 351 g/mol. The quantitative estimate of drug-likeness (QED) is 0.907. The summed E-state index contributed by atoms with van der Waals surface area (Å²) in [6.45, 7) is 2.04. The molecule has 0 radical (unpaired) electrons. The lowest BCUT2D eigenvalue weighted by Crippen LogP contribution is -2.50. The van der Waals surface area contributed by atoms with Gasteiger partial charge in [-0.15, -0.1) is 12.4 Å². The number of benzene rings is 1. The molecule has 0 saturated carbocycles. The molecule has 0 aromatic heterocycles. The molecule has 2 N–H and O–H groups in total. The topological polar surface area (TPSA) is 66.6 Å². The Balaban J connectivity index is 0.00000208. The summed E-state index contributed by atoms with van der Waals surface area (Å²) < 4.78 is 0. The predicted octanol–water partition coefficient (Wildman–Crippen LogP) is 2.11. The molecule has 2 aliphatic heterocycles. The number of hydrogen-bond donors (Lipinski definition) is 1. The molecule has 5 nitrogen and oxygen atoms in total. The highest BCUT2D eigenvalue weighted by atomic mass is 35.5. The first-order valence-corrected chi connectivity index (χ1v) is 8.55. The summed E-state index contributed by atoms with van der Waals surface area (Å²) in [5.41, 5.74) is 6.85.